The Hall–Kier alpha value is -3.32. The molecule has 190 valence electrons. The zero-order valence-electron chi connectivity index (χ0n) is 20.2. The SMILES string of the molecule is Cc1ccc(Cl)cc1N(Cc1ccc(C(=O)NCCc2ccc(Cl)cc2)cc1)S(=O)(=O)c1ccccc1. The average Bonchev–Trinajstić information content (AvgIpc) is 2.90. The van der Waals surface area contributed by atoms with Crippen LogP contribution in [-0.4, -0.2) is 20.9 Å². The summed E-state index contributed by atoms with van der Waals surface area (Å²) in [5, 5.41) is 4.03. The van der Waals surface area contributed by atoms with E-state index in [0.717, 1.165) is 16.7 Å². The van der Waals surface area contributed by atoms with Gasteiger partial charge in [0.15, 0.2) is 0 Å². The second-order valence-electron chi connectivity index (χ2n) is 8.58. The largest absolute Gasteiger partial charge is 0.352 e. The molecule has 0 heterocycles. The van der Waals surface area contributed by atoms with E-state index in [1.807, 2.05) is 31.2 Å². The number of aryl methyl sites for hydroxylation is 1. The number of nitrogens with zero attached hydrogens (tertiary/aromatic N) is 1. The molecule has 0 bridgehead atoms. The van der Waals surface area contributed by atoms with Crippen LogP contribution in [0.25, 0.3) is 0 Å². The van der Waals surface area contributed by atoms with E-state index in [4.69, 9.17) is 23.2 Å². The van der Waals surface area contributed by atoms with E-state index in [-0.39, 0.29) is 17.3 Å². The van der Waals surface area contributed by atoms with E-state index in [1.54, 1.807) is 72.8 Å². The van der Waals surface area contributed by atoms with Crippen LogP contribution in [0.2, 0.25) is 10.0 Å². The van der Waals surface area contributed by atoms with Gasteiger partial charge < -0.3 is 5.32 Å². The fourth-order valence-corrected chi connectivity index (χ4v) is 5.69. The summed E-state index contributed by atoms with van der Waals surface area (Å²) in [4.78, 5) is 12.8. The fourth-order valence-electron chi connectivity index (χ4n) is 3.87. The first-order valence-corrected chi connectivity index (χ1v) is 13.9. The van der Waals surface area contributed by atoms with Crippen LogP contribution in [0.3, 0.4) is 0 Å². The molecular weight excluding hydrogens is 527 g/mol. The molecule has 0 saturated heterocycles. The first-order chi connectivity index (χ1) is 17.7. The maximum Gasteiger partial charge on any atom is 0.264 e. The maximum atomic E-state index is 13.6. The first kappa shape index (κ1) is 26.7. The molecule has 37 heavy (non-hydrogen) atoms. The Morgan fingerprint density at radius 1 is 0.811 bits per heavy atom. The molecule has 5 nitrogen and oxygen atoms in total. The summed E-state index contributed by atoms with van der Waals surface area (Å²) in [6.45, 7) is 2.41. The maximum absolute atomic E-state index is 13.6. The van der Waals surface area contributed by atoms with Gasteiger partial charge in [-0.2, -0.15) is 0 Å². The number of halogens is 2. The highest BCUT2D eigenvalue weighted by Gasteiger charge is 2.26. The quantitative estimate of drug-likeness (QED) is 0.252. The topological polar surface area (TPSA) is 66.5 Å². The van der Waals surface area contributed by atoms with Gasteiger partial charge in [-0.05, 0) is 78.6 Å². The van der Waals surface area contributed by atoms with E-state index in [1.165, 1.54) is 4.31 Å². The van der Waals surface area contributed by atoms with Gasteiger partial charge in [0, 0.05) is 22.2 Å². The molecule has 4 rings (SSSR count). The molecule has 1 amide bonds. The standard InChI is InChI=1S/C29H26Cl2N2O3S/c1-21-7-14-26(31)19-28(21)33(37(35,36)27-5-3-2-4-6-27)20-23-8-12-24(13-9-23)29(34)32-18-17-22-10-15-25(30)16-11-22/h2-16,19H,17-18,20H2,1H3,(H,32,34). The molecule has 0 unspecified atom stereocenters. The van der Waals surface area contributed by atoms with Gasteiger partial charge in [-0.25, -0.2) is 8.42 Å². The van der Waals surface area contributed by atoms with Gasteiger partial charge in [0.1, 0.15) is 0 Å². The number of hydrogen-bond donors (Lipinski definition) is 1. The number of nitrogens with one attached hydrogen (secondary N) is 1. The van der Waals surface area contributed by atoms with Gasteiger partial charge in [-0.15, -0.1) is 0 Å². The Balaban J connectivity index is 1.51. The third kappa shape index (κ3) is 6.72. The van der Waals surface area contributed by atoms with Crippen molar-refractivity contribution in [1.82, 2.24) is 5.32 Å². The molecule has 0 atom stereocenters. The van der Waals surface area contributed by atoms with Crippen molar-refractivity contribution in [3.05, 3.63) is 129 Å². The van der Waals surface area contributed by atoms with Crippen molar-refractivity contribution in [3.8, 4) is 0 Å². The molecule has 1 N–H and O–H groups in total. The fraction of sp³-hybridized carbons (Fsp3) is 0.138. The smallest absolute Gasteiger partial charge is 0.264 e. The number of sulfonamides is 1. The van der Waals surface area contributed by atoms with E-state index in [2.05, 4.69) is 5.32 Å². The highest BCUT2D eigenvalue weighted by Crippen LogP contribution is 2.31. The number of rotatable bonds is 9. The minimum absolute atomic E-state index is 0.0802. The third-order valence-corrected chi connectivity index (χ3v) is 8.19. The van der Waals surface area contributed by atoms with Crippen LogP contribution in [-0.2, 0) is 23.0 Å². The van der Waals surface area contributed by atoms with E-state index >= 15 is 0 Å². The number of carbonyl (C=O) groups is 1. The van der Waals surface area contributed by atoms with Gasteiger partial charge in [0.25, 0.3) is 15.9 Å². The van der Waals surface area contributed by atoms with Crippen LogP contribution in [0.5, 0.6) is 0 Å². The van der Waals surface area contributed by atoms with Crippen molar-refractivity contribution < 1.29 is 13.2 Å². The molecular formula is C29H26Cl2N2O3S. The van der Waals surface area contributed by atoms with Crippen molar-refractivity contribution in [2.75, 3.05) is 10.8 Å². The van der Waals surface area contributed by atoms with Gasteiger partial charge in [-0.1, -0.05) is 71.7 Å². The molecule has 0 fully saturated rings. The lowest BCUT2D eigenvalue weighted by atomic mass is 10.1. The van der Waals surface area contributed by atoms with Crippen molar-refractivity contribution in [2.24, 2.45) is 0 Å². The summed E-state index contributed by atoms with van der Waals surface area (Å²) in [6, 6.07) is 27.9. The Kier molecular flexibility index (Phi) is 8.54. The molecule has 4 aromatic carbocycles. The summed E-state index contributed by atoms with van der Waals surface area (Å²) in [7, 11) is -3.87. The summed E-state index contributed by atoms with van der Waals surface area (Å²) in [5.41, 5.74) is 3.59. The lowest BCUT2D eigenvalue weighted by molar-refractivity contribution is 0.0954. The van der Waals surface area contributed by atoms with Crippen LogP contribution in [0.15, 0.2) is 102 Å². The van der Waals surface area contributed by atoms with Gasteiger partial charge in [-0.3, -0.25) is 9.10 Å². The summed E-state index contributed by atoms with van der Waals surface area (Å²) < 4.78 is 28.6. The molecule has 0 aliphatic rings. The van der Waals surface area contributed by atoms with Crippen LogP contribution in [0, 0.1) is 6.92 Å². The first-order valence-electron chi connectivity index (χ1n) is 11.7. The average molecular weight is 554 g/mol. The number of anilines is 1. The second kappa shape index (κ2) is 11.8. The zero-order valence-corrected chi connectivity index (χ0v) is 22.5. The number of benzene rings is 4. The highest BCUT2D eigenvalue weighted by atomic mass is 35.5. The Bertz CT molecular complexity index is 1470. The molecule has 0 spiro atoms. The summed E-state index contributed by atoms with van der Waals surface area (Å²) in [6.07, 6.45) is 0.687. The van der Waals surface area contributed by atoms with Crippen molar-refractivity contribution in [1.29, 1.82) is 0 Å². The zero-order chi connectivity index (χ0) is 26.4. The van der Waals surface area contributed by atoms with Gasteiger partial charge >= 0.3 is 0 Å². The monoisotopic (exact) mass is 552 g/mol. The van der Waals surface area contributed by atoms with E-state index in [9.17, 15) is 13.2 Å². The predicted octanol–water partition coefficient (Wildman–Crippen LogP) is 6.67. The minimum Gasteiger partial charge on any atom is -0.352 e. The number of hydrogen-bond acceptors (Lipinski definition) is 3. The Morgan fingerprint density at radius 3 is 2.11 bits per heavy atom. The van der Waals surface area contributed by atoms with Gasteiger partial charge in [0.2, 0.25) is 0 Å². The van der Waals surface area contributed by atoms with E-state index < -0.39 is 10.0 Å². The van der Waals surface area contributed by atoms with Crippen molar-refractivity contribution in [3.63, 3.8) is 0 Å². The lowest BCUT2D eigenvalue weighted by Crippen LogP contribution is -2.31. The predicted molar refractivity (Wildman–Crippen MR) is 150 cm³/mol. The molecule has 4 aromatic rings. The Morgan fingerprint density at radius 2 is 1.43 bits per heavy atom. The lowest BCUT2D eigenvalue weighted by Gasteiger charge is -2.26. The number of amides is 1. The molecule has 0 aromatic heterocycles. The van der Waals surface area contributed by atoms with Crippen molar-refractivity contribution in [2.45, 2.75) is 24.8 Å². The van der Waals surface area contributed by atoms with E-state index in [0.29, 0.717) is 34.3 Å². The summed E-state index contributed by atoms with van der Waals surface area (Å²) in [5.74, 6) is -0.194. The third-order valence-electron chi connectivity index (χ3n) is 5.93. The summed E-state index contributed by atoms with van der Waals surface area (Å²) >= 11 is 12.1. The normalized spacial score (nSPS) is 11.2. The molecule has 0 saturated carbocycles. The molecule has 8 heteroatoms. The van der Waals surface area contributed by atoms with Crippen molar-refractivity contribution >= 4 is 44.8 Å². The van der Waals surface area contributed by atoms with Crippen LogP contribution >= 0.6 is 23.2 Å². The molecule has 0 aliphatic carbocycles. The molecule has 0 radical (unpaired) electrons. The Labute approximate surface area is 227 Å². The van der Waals surface area contributed by atoms with Crippen LogP contribution in [0.4, 0.5) is 5.69 Å². The second-order valence-corrected chi connectivity index (χ2v) is 11.3. The highest BCUT2D eigenvalue weighted by molar-refractivity contribution is 7.92. The van der Waals surface area contributed by atoms with Crippen LogP contribution in [0.1, 0.15) is 27.0 Å². The minimum atomic E-state index is -3.87. The molecule has 0 aliphatic heterocycles. The van der Waals surface area contributed by atoms with Gasteiger partial charge in [0.05, 0.1) is 17.1 Å². The number of carbonyl (C=O) groups excluding carboxylic acids is 1. The van der Waals surface area contributed by atoms with Crippen LogP contribution < -0.4 is 9.62 Å².